The third-order valence-electron chi connectivity index (χ3n) is 2.00. The SMILES string of the molecule is COCCCN(C)CC(CN)OC. The molecule has 0 fully saturated rings. The second-order valence-corrected chi connectivity index (χ2v) is 3.20. The van der Waals surface area contributed by atoms with Gasteiger partial charge in [0.05, 0.1) is 6.10 Å². The van der Waals surface area contributed by atoms with Crippen LogP contribution in [0.25, 0.3) is 0 Å². The monoisotopic (exact) mass is 190 g/mol. The summed E-state index contributed by atoms with van der Waals surface area (Å²) in [5, 5.41) is 0. The van der Waals surface area contributed by atoms with Gasteiger partial charge in [0, 0.05) is 40.5 Å². The van der Waals surface area contributed by atoms with Crippen LogP contribution in [-0.4, -0.2) is 58.5 Å². The minimum Gasteiger partial charge on any atom is -0.385 e. The van der Waals surface area contributed by atoms with Crippen molar-refractivity contribution >= 4 is 0 Å². The number of likely N-dealkylation sites (N-methyl/N-ethyl adjacent to an activating group) is 1. The molecule has 0 aliphatic rings. The Morgan fingerprint density at radius 2 is 2.08 bits per heavy atom. The van der Waals surface area contributed by atoms with Gasteiger partial charge < -0.3 is 20.1 Å². The Balaban J connectivity index is 3.42. The van der Waals surface area contributed by atoms with E-state index >= 15 is 0 Å². The van der Waals surface area contributed by atoms with E-state index in [-0.39, 0.29) is 6.10 Å². The maximum absolute atomic E-state index is 5.51. The van der Waals surface area contributed by atoms with Gasteiger partial charge in [-0.25, -0.2) is 0 Å². The minimum atomic E-state index is 0.146. The first-order valence-electron chi connectivity index (χ1n) is 4.65. The molecule has 4 heteroatoms. The largest absolute Gasteiger partial charge is 0.385 e. The number of methoxy groups -OCH3 is 2. The van der Waals surface area contributed by atoms with E-state index in [4.69, 9.17) is 15.2 Å². The predicted molar refractivity (Wildman–Crippen MR) is 53.8 cm³/mol. The van der Waals surface area contributed by atoms with Crippen molar-refractivity contribution in [3.05, 3.63) is 0 Å². The van der Waals surface area contributed by atoms with Gasteiger partial charge in [0.1, 0.15) is 0 Å². The molecule has 80 valence electrons. The summed E-state index contributed by atoms with van der Waals surface area (Å²) in [6.07, 6.45) is 1.20. The zero-order chi connectivity index (χ0) is 10.1. The van der Waals surface area contributed by atoms with Gasteiger partial charge in [0.25, 0.3) is 0 Å². The number of hydrogen-bond donors (Lipinski definition) is 1. The van der Waals surface area contributed by atoms with Crippen molar-refractivity contribution in [1.29, 1.82) is 0 Å². The van der Waals surface area contributed by atoms with Gasteiger partial charge in [-0.2, -0.15) is 0 Å². The van der Waals surface area contributed by atoms with Gasteiger partial charge in [-0.15, -0.1) is 0 Å². The summed E-state index contributed by atoms with van der Waals surface area (Å²) in [4.78, 5) is 2.21. The van der Waals surface area contributed by atoms with Crippen molar-refractivity contribution in [3.63, 3.8) is 0 Å². The predicted octanol–water partition coefficient (Wildman–Crippen LogP) is -0.0716. The highest BCUT2D eigenvalue weighted by molar-refractivity contribution is 4.63. The average Bonchev–Trinajstić information content (AvgIpc) is 2.14. The standard InChI is InChI=1S/C9H22N2O2/c1-11(5-4-6-12-2)8-9(7-10)13-3/h9H,4-8,10H2,1-3H3. The smallest absolute Gasteiger partial charge is 0.0820 e. The van der Waals surface area contributed by atoms with Gasteiger partial charge in [0.15, 0.2) is 0 Å². The molecule has 0 aliphatic heterocycles. The highest BCUT2D eigenvalue weighted by Crippen LogP contribution is 1.93. The summed E-state index contributed by atoms with van der Waals surface area (Å²) < 4.78 is 10.1. The Labute approximate surface area is 81.0 Å². The summed E-state index contributed by atoms with van der Waals surface area (Å²) in [7, 11) is 5.48. The average molecular weight is 190 g/mol. The second kappa shape index (κ2) is 8.44. The highest BCUT2D eigenvalue weighted by Gasteiger charge is 2.07. The van der Waals surface area contributed by atoms with E-state index < -0.39 is 0 Å². The van der Waals surface area contributed by atoms with Crippen LogP contribution in [0.4, 0.5) is 0 Å². The van der Waals surface area contributed by atoms with Crippen molar-refractivity contribution in [1.82, 2.24) is 4.90 Å². The van der Waals surface area contributed by atoms with E-state index in [9.17, 15) is 0 Å². The topological polar surface area (TPSA) is 47.7 Å². The van der Waals surface area contributed by atoms with Crippen molar-refractivity contribution < 1.29 is 9.47 Å². The normalized spacial score (nSPS) is 13.6. The molecule has 0 radical (unpaired) electrons. The molecule has 4 nitrogen and oxygen atoms in total. The van der Waals surface area contributed by atoms with Crippen molar-refractivity contribution in [3.8, 4) is 0 Å². The summed E-state index contributed by atoms with van der Waals surface area (Å²) in [6, 6.07) is 0. The molecule has 2 N–H and O–H groups in total. The van der Waals surface area contributed by atoms with Crippen LogP contribution in [0.5, 0.6) is 0 Å². The van der Waals surface area contributed by atoms with Gasteiger partial charge in [-0.3, -0.25) is 0 Å². The van der Waals surface area contributed by atoms with Crippen LogP contribution in [0.2, 0.25) is 0 Å². The molecule has 0 heterocycles. The zero-order valence-corrected chi connectivity index (χ0v) is 8.95. The molecule has 0 aliphatic carbocycles. The van der Waals surface area contributed by atoms with Crippen LogP contribution in [0.3, 0.4) is 0 Å². The maximum atomic E-state index is 5.51. The van der Waals surface area contributed by atoms with Crippen LogP contribution < -0.4 is 5.73 Å². The Hall–Kier alpha value is -0.160. The van der Waals surface area contributed by atoms with E-state index in [1.165, 1.54) is 0 Å². The van der Waals surface area contributed by atoms with Crippen molar-refractivity contribution in [2.45, 2.75) is 12.5 Å². The van der Waals surface area contributed by atoms with Crippen LogP contribution >= 0.6 is 0 Å². The lowest BCUT2D eigenvalue weighted by molar-refractivity contribution is 0.0748. The quantitative estimate of drug-likeness (QED) is 0.544. The first-order valence-corrected chi connectivity index (χ1v) is 4.65. The highest BCUT2D eigenvalue weighted by atomic mass is 16.5. The summed E-state index contributed by atoms with van der Waals surface area (Å²) in [6.45, 7) is 3.29. The number of nitrogens with two attached hydrogens (primary N) is 1. The molecule has 0 amide bonds. The third-order valence-corrected chi connectivity index (χ3v) is 2.00. The molecule has 0 saturated heterocycles. The fourth-order valence-electron chi connectivity index (χ4n) is 1.16. The number of nitrogens with zero attached hydrogens (tertiary/aromatic N) is 1. The molecular formula is C9H22N2O2. The first-order chi connectivity index (χ1) is 6.24. The summed E-state index contributed by atoms with van der Waals surface area (Å²) in [5.74, 6) is 0. The lowest BCUT2D eigenvalue weighted by Gasteiger charge is -2.21. The molecule has 0 spiro atoms. The number of hydrogen-bond acceptors (Lipinski definition) is 4. The van der Waals surface area contributed by atoms with E-state index in [1.807, 2.05) is 0 Å². The lowest BCUT2D eigenvalue weighted by Crippen LogP contribution is -2.36. The molecular weight excluding hydrogens is 168 g/mol. The van der Waals surface area contributed by atoms with Crippen molar-refractivity contribution in [2.24, 2.45) is 5.73 Å². The van der Waals surface area contributed by atoms with Crippen LogP contribution in [0, 0.1) is 0 Å². The fraction of sp³-hybridized carbons (Fsp3) is 1.00. The molecule has 0 rings (SSSR count). The molecule has 0 aromatic rings. The molecule has 0 aromatic carbocycles. The Bertz CT molecular complexity index is 108. The van der Waals surface area contributed by atoms with E-state index in [2.05, 4.69) is 11.9 Å². The number of ether oxygens (including phenoxy) is 2. The summed E-state index contributed by atoms with van der Waals surface area (Å²) in [5.41, 5.74) is 5.51. The van der Waals surface area contributed by atoms with E-state index in [0.29, 0.717) is 6.54 Å². The molecule has 13 heavy (non-hydrogen) atoms. The molecule has 0 aromatic heterocycles. The van der Waals surface area contributed by atoms with Crippen LogP contribution in [0.1, 0.15) is 6.42 Å². The first kappa shape index (κ1) is 12.8. The Morgan fingerprint density at radius 1 is 1.38 bits per heavy atom. The second-order valence-electron chi connectivity index (χ2n) is 3.20. The van der Waals surface area contributed by atoms with Gasteiger partial charge in [0.2, 0.25) is 0 Å². The Morgan fingerprint density at radius 3 is 2.54 bits per heavy atom. The molecule has 0 saturated carbocycles. The Kier molecular flexibility index (Phi) is 8.33. The number of rotatable bonds is 8. The van der Waals surface area contributed by atoms with Crippen molar-refractivity contribution in [2.75, 3.05) is 47.5 Å². The van der Waals surface area contributed by atoms with Gasteiger partial charge in [-0.1, -0.05) is 0 Å². The molecule has 0 bridgehead atoms. The fourth-order valence-corrected chi connectivity index (χ4v) is 1.16. The van der Waals surface area contributed by atoms with E-state index in [1.54, 1.807) is 14.2 Å². The molecule has 1 unspecified atom stereocenters. The minimum absolute atomic E-state index is 0.146. The van der Waals surface area contributed by atoms with Gasteiger partial charge in [-0.05, 0) is 13.5 Å². The van der Waals surface area contributed by atoms with Gasteiger partial charge >= 0.3 is 0 Å². The third kappa shape index (κ3) is 6.95. The molecule has 1 atom stereocenters. The maximum Gasteiger partial charge on any atom is 0.0820 e. The van der Waals surface area contributed by atoms with Crippen LogP contribution in [-0.2, 0) is 9.47 Å². The summed E-state index contributed by atoms with van der Waals surface area (Å²) >= 11 is 0. The zero-order valence-electron chi connectivity index (χ0n) is 8.95. The van der Waals surface area contributed by atoms with Crippen LogP contribution in [0.15, 0.2) is 0 Å². The lowest BCUT2D eigenvalue weighted by atomic mass is 10.3. The van der Waals surface area contributed by atoms with E-state index in [0.717, 1.165) is 26.1 Å².